The van der Waals surface area contributed by atoms with Gasteiger partial charge >= 0.3 is 18.3 Å². The van der Waals surface area contributed by atoms with E-state index < -0.39 is 40.3 Å². The first-order valence-corrected chi connectivity index (χ1v) is 4.79. The standard InChI is InChI=1S/C9H4ClF6NO2/c1-19-7(18)5-3(8(11,12)13)2-4(10)17-6(5)9(14,15)16/h2H,1H3. The third-order valence-electron chi connectivity index (χ3n) is 1.95. The topological polar surface area (TPSA) is 39.2 Å². The second kappa shape index (κ2) is 4.87. The Balaban J connectivity index is 3.74. The smallest absolute Gasteiger partial charge is 0.434 e. The van der Waals surface area contributed by atoms with Crippen molar-refractivity contribution in [2.24, 2.45) is 0 Å². The molecule has 0 spiro atoms. The van der Waals surface area contributed by atoms with E-state index in [1.54, 1.807) is 0 Å². The van der Waals surface area contributed by atoms with Gasteiger partial charge in [0.25, 0.3) is 0 Å². The van der Waals surface area contributed by atoms with Crippen LogP contribution in [0.3, 0.4) is 0 Å². The largest absolute Gasteiger partial charge is 0.465 e. The average Bonchev–Trinajstić information content (AvgIpc) is 2.24. The first-order chi connectivity index (χ1) is 8.48. The molecule has 0 fully saturated rings. The molecule has 106 valence electrons. The number of halogens is 7. The Labute approximate surface area is 107 Å². The van der Waals surface area contributed by atoms with Gasteiger partial charge in [-0.2, -0.15) is 26.3 Å². The summed E-state index contributed by atoms with van der Waals surface area (Å²) in [5, 5.41) is -1.03. The van der Waals surface area contributed by atoms with Gasteiger partial charge in [-0.3, -0.25) is 0 Å². The number of ether oxygens (including phenoxy) is 1. The highest BCUT2D eigenvalue weighted by Gasteiger charge is 2.45. The molecular formula is C9H4ClF6NO2. The molecule has 0 saturated carbocycles. The lowest BCUT2D eigenvalue weighted by Crippen LogP contribution is -2.22. The summed E-state index contributed by atoms with van der Waals surface area (Å²) in [5.74, 6) is -1.80. The van der Waals surface area contributed by atoms with E-state index in [9.17, 15) is 31.1 Å². The zero-order valence-corrected chi connectivity index (χ0v) is 9.74. The molecule has 0 amide bonds. The number of alkyl halides is 6. The number of hydrogen-bond donors (Lipinski definition) is 0. The Kier molecular flexibility index (Phi) is 3.99. The highest BCUT2D eigenvalue weighted by Crippen LogP contribution is 2.39. The molecule has 0 aliphatic carbocycles. The molecule has 0 aliphatic heterocycles. The van der Waals surface area contributed by atoms with Crippen LogP contribution in [0, 0.1) is 0 Å². The average molecular weight is 308 g/mol. The van der Waals surface area contributed by atoms with Crippen molar-refractivity contribution in [3.8, 4) is 0 Å². The van der Waals surface area contributed by atoms with E-state index in [1.807, 2.05) is 0 Å². The van der Waals surface area contributed by atoms with E-state index in [-0.39, 0.29) is 6.07 Å². The molecule has 1 heterocycles. The van der Waals surface area contributed by atoms with Gasteiger partial charge in [0.1, 0.15) is 10.7 Å². The van der Waals surface area contributed by atoms with Crippen LogP contribution in [-0.4, -0.2) is 18.1 Å². The molecule has 3 nitrogen and oxygen atoms in total. The number of methoxy groups -OCH3 is 1. The predicted octanol–water partition coefficient (Wildman–Crippen LogP) is 3.56. The van der Waals surface area contributed by atoms with Crippen molar-refractivity contribution in [3.63, 3.8) is 0 Å². The maximum atomic E-state index is 12.6. The minimum absolute atomic E-state index is 0.128. The Bertz CT molecular complexity index is 475. The van der Waals surface area contributed by atoms with E-state index >= 15 is 0 Å². The van der Waals surface area contributed by atoms with Crippen molar-refractivity contribution in [1.29, 1.82) is 0 Å². The number of carbonyl (C=O) groups is 1. The molecule has 0 aromatic carbocycles. The molecule has 10 heteroatoms. The highest BCUT2D eigenvalue weighted by atomic mass is 35.5. The molecule has 0 saturated heterocycles. The van der Waals surface area contributed by atoms with Crippen LogP contribution in [0.5, 0.6) is 0 Å². The van der Waals surface area contributed by atoms with Crippen LogP contribution in [0.25, 0.3) is 0 Å². The predicted molar refractivity (Wildman–Crippen MR) is 50.6 cm³/mol. The summed E-state index contributed by atoms with van der Waals surface area (Å²) in [6.07, 6.45) is -10.5. The number of rotatable bonds is 1. The van der Waals surface area contributed by atoms with Crippen LogP contribution >= 0.6 is 11.6 Å². The van der Waals surface area contributed by atoms with Crippen LogP contribution in [-0.2, 0) is 17.1 Å². The van der Waals surface area contributed by atoms with Crippen molar-refractivity contribution < 1.29 is 35.9 Å². The number of pyridine rings is 1. The van der Waals surface area contributed by atoms with Gasteiger partial charge in [0.15, 0.2) is 5.69 Å². The Morgan fingerprint density at radius 3 is 2.11 bits per heavy atom. The summed E-state index contributed by atoms with van der Waals surface area (Å²) in [6, 6.07) is 0.128. The molecule has 1 rings (SSSR count). The Hall–Kier alpha value is -1.51. The third kappa shape index (κ3) is 3.28. The second-order valence-corrected chi connectivity index (χ2v) is 3.59. The van der Waals surface area contributed by atoms with Crippen LogP contribution in [0.4, 0.5) is 26.3 Å². The maximum Gasteiger partial charge on any atom is 0.434 e. The van der Waals surface area contributed by atoms with Crippen molar-refractivity contribution in [2.45, 2.75) is 12.4 Å². The van der Waals surface area contributed by atoms with Gasteiger partial charge in [-0.1, -0.05) is 11.6 Å². The fourth-order valence-electron chi connectivity index (χ4n) is 1.25. The van der Waals surface area contributed by atoms with Gasteiger partial charge in [-0.25, -0.2) is 9.78 Å². The van der Waals surface area contributed by atoms with Gasteiger partial charge in [-0.05, 0) is 6.07 Å². The quantitative estimate of drug-likeness (QED) is 0.452. The van der Waals surface area contributed by atoms with E-state index in [0.717, 1.165) is 0 Å². The Morgan fingerprint density at radius 2 is 1.74 bits per heavy atom. The molecule has 0 aliphatic rings. The number of nitrogens with zero attached hydrogens (tertiary/aromatic N) is 1. The van der Waals surface area contributed by atoms with Crippen molar-refractivity contribution in [1.82, 2.24) is 4.98 Å². The molecule has 0 N–H and O–H groups in total. The second-order valence-electron chi connectivity index (χ2n) is 3.20. The third-order valence-corrected chi connectivity index (χ3v) is 2.15. The van der Waals surface area contributed by atoms with Crippen LogP contribution in [0.2, 0.25) is 5.15 Å². The van der Waals surface area contributed by atoms with E-state index in [4.69, 9.17) is 11.6 Å². The molecule has 0 unspecified atom stereocenters. The van der Waals surface area contributed by atoms with Crippen molar-refractivity contribution in [2.75, 3.05) is 7.11 Å². The van der Waals surface area contributed by atoms with Crippen LogP contribution in [0.15, 0.2) is 6.07 Å². The lowest BCUT2D eigenvalue weighted by Gasteiger charge is -2.16. The summed E-state index contributed by atoms with van der Waals surface area (Å²) < 4.78 is 79.6. The van der Waals surface area contributed by atoms with E-state index in [0.29, 0.717) is 7.11 Å². The first kappa shape index (κ1) is 15.5. The maximum absolute atomic E-state index is 12.6. The van der Waals surface area contributed by atoms with Gasteiger partial charge in [0.05, 0.1) is 12.7 Å². The normalized spacial score (nSPS) is 12.4. The summed E-state index contributed by atoms with van der Waals surface area (Å²) in [6.45, 7) is 0. The number of hydrogen-bond acceptors (Lipinski definition) is 3. The zero-order valence-electron chi connectivity index (χ0n) is 8.99. The van der Waals surface area contributed by atoms with E-state index in [1.165, 1.54) is 0 Å². The van der Waals surface area contributed by atoms with Gasteiger partial charge in [0.2, 0.25) is 0 Å². The van der Waals surface area contributed by atoms with Crippen LogP contribution in [0.1, 0.15) is 21.6 Å². The van der Waals surface area contributed by atoms with Crippen LogP contribution < -0.4 is 0 Å². The fraction of sp³-hybridized carbons (Fsp3) is 0.333. The molecule has 1 aromatic rings. The molecule has 1 aromatic heterocycles. The number of aromatic nitrogens is 1. The van der Waals surface area contributed by atoms with Gasteiger partial charge in [-0.15, -0.1) is 0 Å². The first-order valence-electron chi connectivity index (χ1n) is 4.41. The molecule has 19 heavy (non-hydrogen) atoms. The SMILES string of the molecule is COC(=O)c1c(C(F)(F)F)cc(Cl)nc1C(F)(F)F. The summed E-state index contributed by atoms with van der Waals surface area (Å²) in [7, 11) is 0.650. The lowest BCUT2D eigenvalue weighted by atomic mass is 10.1. The summed E-state index contributed by atoms with van der Waals surface area (Å²) >= 11 is 5.12. The van der Waals surface area contributed by atoms with E-state index in [2.05, 4.69) is 9.72 Å². The monoisotopic (exact) mass is 307 g/mol. The molecular weight excluding hydrogens is 304 g/mol. The lowest BCUT2D eigenvalue weighted by molar-refractivity contribution is -0.146. The van der Waals surface area contributed by atoms with Gasteiger partial charge < -0.3 is 4.74 Å². The Morgan fingerprint density at radius 1 is 1.21 bits per heavy atom. The summed E-state index contributed by atoms with van der Waals surface area (Å²) in [4.78, 5) is 13.9. The highest BCUT2D eigenvalue weighted by molar-refractivity contribution is 6.29. The number of carbonyl (C=O) groups excluding carboxylic acids is 1. The minimum Gasteiger partial charge on any atom is -0.465 e. The molecule has 0 bridgehead atoms. The number of esters is 1. The van der Waals surface area contributed by atoms with Crippen molar-refractivity contribution >= 4 is 17.6 Å². The van der Waals surface area contributed by atoms with Gasteiger partial charge in [0, 0.05) is 0 Å². The minimum atomic E-state index is -5.28. The zero-order chi connectivity index (χ0) is 15.0. The summed E-state index contributed by atoms with van der Waals surface area (Å²) in [5.41, 5.74) is -5.61. The molecule has 0 radical (unpaired) electrons. The molecule has 0 atom stereocenters. The van der Waals surface area contributed by atoms with Crippen molar-refractivity contribution in [3.05, 3.63) is 28.0 Å². The fourth-order valence-corrected chi connectivity index (χ4v) is 1.44.